The van der Waals surface area contributed by atoms with E-state index < -0.39 is 0 Å². The molecule has 2 aromatic rings. The molecule has 0 bridgehead atoms. The maximum Gasteiger partial charge on any atom is 0.253 e. The number of carbonyl (C=O) groups excluding carboxylic acids is 2. The van der Waals surface area contributed by atoms with Gasteiger partial charge in [0.2, 0.25) is 5.91 Å². The van der Waals surface area contributed by atoms with Crippen LogP contribution in [0.1, 0.15) is 38.1 Å². The van der Waals surface area contributed by atoms with Gasteiger partial charge in [0.25, 0.3) is 5.91 Å². The second kappa shape index (κ2) is 11.1. The van der Waals surface area contributed by atoms with Gasteiger partial charge in [0.1, 0.15) is 5.75 Å². The Hall–Kier alpha value is -3.02. The first-order valence-electron chi connectivity index (χ1n) is 10.1. The van der Waals surface area contributed by atoms with Crippen molar-refractivity contribution < 1.29 is 14.3 Å². The fourth-order valence-electron chi connectivity index (χ4n) is 2.71. The number of ether oxygens (including phenoxy) is 1. The summed E-state index contributed by atoms with van der Waals surface area (Å²) in [5.74, 6) is 1.12. The predicted molar refractivity (Wildman–Crippen MR) is 118 cm³/mol. The van der Waals surface area contributed by atoms with E-state index in [0.717, 1.165) is 11.4 Å². The summed E-state index contributed by atoms with van der Waals surface area (Å²) in [5, 5.41) is 5.92. The van der Waals surface area contributed by atoms with Crippen LogP contribution in [0.3, 0.4) is 0 Å². The van der Waals surface area contributed by atoms with E-state index in [2.05, 4.69) is 24.5 Å². The van der Waals surface area contributed by atoms with Gasteiger partial charge in [0.15, 0.2) is 0 Å². The fraction of sp³-hybridized carbons (Fsp3) is 0.391. The summed E-state index contributed by atoms with van der Waals surface area (Å²) in [6.45, 7) is 10.3. The van der Waals surface area contributed by atoms with Crippen molar-refractivity contribution in [1.82, 2.24) is 4.90 Å². The van der Waals surface area contributed by atoms with Crippen molar-refractivity contribution in [1.29, 1.82) is 0 Å². The molecule has 0 aliphatic heterocycles. The summed E-state index contributed by atoms with van der Waals surface area (Å²) < 4.78 is 5.65. The molecule has 6 nitrogen and oxygen atoms in total. The Labute approximate surface area is 173 Å². The van der Waals surface area contributed by atoms with Crippen LogP contribution >= 0.6 is 0 Å². The summed E-state index contributed by atoms with van der Waals surface area (Å²) in [6.07, 6.45) is 0. The van der Waals surface area contributed by atoms with Crippen LogP contribution in [0.15, 0.2) is 48.5 Å². The first kappa shape index (κ1) is 22.3. The van der Waals surface area contributed by atoms with E-state index in [1.807, 2.05) is 38.1 Å². The van der Waals surface area contributed by atoms with Gasteiger partial charge in [0, 0.05) is 30.0 Å². The second-order valence-electron chi connectivity index (χ2n) is 7.19. The van der Waals surface area contributed by atoms with Gasteiger partial charge in [-0.25, -0.2) is 0 Å². The molecule has 0 atom stereocenters. The number of hydrogen-bond donors (Lipinski definition) is 2. The molecule has 6 heteroatoms. The van der Waals surface area contributed by atoms with Crippen molar-refractivity contribution in [2.45, 2.75) is 27.7 Å². The molecular weight excluding hydrogens is 366 g/mol. The maximum atomic E-state index is 12.3. The van der Waals surface area contributed by atoms with Crippen LogP contribution in [0.25, 0.3) is 0 Å². The molecule has 0 spiro atoms. The standard InChI is InChI=1S/C23H31N3O3/c1-5-26(6-2)23(28)18-7-9-20(10-8-18)25-22(27)15-24-19-11-13-21(14-12-19)29-16-17(3)4/h7-14,17,24H,5-6,15-16H2,1-4H3,(H,25,27). The quantitative estimate of drug-likeness (QED) is 0.629. The van der Waals surface area contributed by atoms with Crippen LogP contribution in [-0.4, -0.2) is 43.0 Å². The monoisotopic (exact) mass is 397 g/mol. The van der Waals surface area contributed by atoms with Gasteiger partial charge in [-0.3, -0.25) is 9.59 Å². The smallest absolute Gasteiger partial charge is 0.253 e. The Kier molecular flexibility index (Phi) is 8.52. The number of benzene rings is 2. The Bertz CT molecular complexity index is 782. The highest BCUT2D eigenvalue weighted by molar-refractivity contribution is 5.96. The maximum absolute atomic E-state index is 12.3. The van der Waals surface area contributed by atoms with Crippen molar-refractivity contribution in [2.24, 2.45) is 5.92 Å². The lowest BCUT2D eigenvalue weighted by molar-refractivity contribution is -0.114. The molecule has 2 rings (SSSR count). The number of hydrogen-bond acceptors (Lipinski definition) is 4. The summed E-state index contributed by atoms with van der Waals surface area (Å²) in [4.78, 5) is 26.3. The highest BCUT2D eigenvalue weighted by Gasteiger charge is 2.12. The lowest BCUT2D eigenvalue weighted by atomic mass is 10.1. The summed E-state index contributed by atoms with van der Waals surface area (Å²) in [6, 6.07) is 14.5. The predicted octanol–water partition coefficient (Wildman–Crippen LogP) is 4.25. The van der Waals surface area contributed by atoms with Crippen LogP contribution in [0.2, 0.25) is 0 Å². The molecule has 0 aromatic heterocycles. The van der Waals surface area contributed by atoms with Gasteiger partial charge in [-0.05, 0) is 68.3 Å². The number of rotatable bonds is 10. The average molecular weight is 398 g/mol. The van der Waals surface area contributed by atoms with E-state index in [4.69, 9.17) is 4.74 Å². The largest absolute Gasteiger partial charge is 0.493 e. The van der Waals surface area contributed by atoms with Gasteiger partial charge in [0.05, 0.1) is 13.2 Å². The highest BCUT2D eigenvalue weighted by atomic mass is 16.5. The lowest BCUT2D eigenvalue weighted by Gasteiger charge is -2.18. The fourth-order valence-corrected chi connectivity index (χ4v) is 2.71. The van der Waals surface area contributed by atoms with Crippen LogP contribution < -0.4 is 15.4 Å². The Morgan fingerprint density at radius 1 is 0.931 bits per heavy atom. The number of nitrogens with one attached hydrogen (secondary N) is 2. The van der Waals surface area contributed by atoms with Crippen LogP contribution in [-0.2, 0) is 4.79 Å². The molecule has 2 aromatic carbocycles. The van der Waals surface area contributed by atoms with Gasteiger partial charge in [-0.1, -0.05) is 13.8 Å². The van der Waals surface area contributed by atoms with E-state index in [-0.39, 0.29) is 18.4 Å². The zero-order valence-corrected chi connectivity index (χ0v) is 17.7. The van der Waals surface area contributed by atoms with Gasteiger partial charge in [-0.2, -0.15) is 0 Å². The van der Waals surface area contributed by atoms with E-state index in [0.29, 0.717) is 36.9 Å². The molecule has 2 N–H and O–H groups in total. The number of nitrogens with zero attached hydrogens (tertiary/aromatic N) is 1. The SMILES string of the molecule is CCN(CC)C(=O)c1ccc(NC(=O)CNc2ccc(OCC(C)C)cc2)cc1. The summed E-state index contributed by atoms with van der Waals surface area (Å²) in [5.41, 5.74) is 2.12. The number of amides is 2. The zero-order valence-electron chi connectivity index (χ0n) is 17.7. The minimum atomic E-state index is -0.159. The van der Waals surface area contributed by atoms with Gasteiger partial charge >= 0.3 is 0 Å². The molecule has 0 aliphatic rings. The topological polar surface area (TPSA) is 70.7 Å². The Morgan fingerprint density at radius 2 is 1.52 bits per heavy atom. The summed E-state index contributed by atoms with van der Waals surface area (Å²) >= 11 is 0. The molecule has 0 radical (unpaired) electrons. The van der Waals surface area contributed by atoms with Crippen molar-refractivity contribution in [3.8, 4) is 5.75 Å². The first-order valence-corrected chi connectivity index (χ1v) is 10.1. The lowest BCUT2D eigenvalue weighted by Crippen LogP contribution is -2.30. The molecule has 0 heterocycles. The van der Waals surface area contributed by atoms with Gasteiger partial charge in [-0.15, -0.1) is 0 Å². The van der Waals surface area contributed by atoms with Crippen LogP contribution in [0.4, 0.5) is 11.4 Å². The Balaban J connectivity index is 1.82. The van der Waals surface area contributed by atoms with Crippen molar-refractivity contribution >= 4 is 23.2 Å². The normalized spacial score (nSPS) is 10.5. The molecule has 29 heavy (non-hydrogen) atoms. The molecule has 0 fully saturated rings. The highest BCUT2D eigenvalue weighted by Crippen LogP contribution is 2.16. The molecular formula is C23H31N3O3. The van der Waals surface area contributed by atoms with Crippen LogP contribution in [0, 0.1) is 5.92 Å². The molecule has 0 saturated carbocycles. The second-order valence-corrected chi connectivity index (χ2v) is 7.19. The van der Waals surface area contributed by atoms with Crippen molar-refractivity contribution in [3.63, 3.8) is 0 Å². The minimum Gasteiger partial charge on any atom is -0.493 e. The van der Waals surface area contributed by atoms with Gasteiger partial charge < -0.3 is 20.3 Å². The molecule has 0 saturated heterocycles. The van der Waals surface area contributed by atoms with Crippen molar-refractivity contribution in [3.05, 3.63) is 54.1 Å². The first-order chi connectivity index (χ1) is 13.9. The number of anilines is 2. The van der Waals surface area contributed by atoms with Crippen molar-refractivity contribution in [2.75, 3.05) is 36.9 Å². The molecule has 156 valence electrons. The molecule has 2 amide bonds. The molecule has 0 unspecified atom stereocenters. The zero-order chi connectivity index (χ0) is 21.2. The third kappa shape index (κ3) is 7.14. The summed E-state index contributed by atoms with van der Waals surface area (Å²) in [7, 11) is 0. The minimum absolute atomic E-state index is 0.00429. The third-order valence-electron chi connectivity index (χ3n) is 4.36. The van der Waals surface area contributed by atoms with E-state index >= 15 is 0 Å². The Morgan fingerprint density at radius 3 is 2.07 bits per heavy atom. The molecule has 0 aliphatic carbocycles. The average Bonchev–Trinajstić information content (AvgIpc) is 2.73. The van der Waals surface area contributed by atoms with E-state index in [9.17, 15) is 9.59 Å². The number of carbonyl (C=O) groups is 2. The third-order valence-corrected chi connectivity index (χ3v) is 4.36. The van der Waals surface area contributed by atoms with E-state index in [1.54, 1.807) is 29.2 Å². The van der Waals surface area contributed by atoms with E-state index in [1.165, 1.54) is 0 Å². The van der Waals surface area contributed by atoms with Crippen LogP contribution in [0.5, 0.6) is 5.75 Å².